The Morgan fingerprint density at radius 2 is 2.00 bits per heavy atom. The van der Waals surface area contributed by atoms with E-state index in [0.717, 1.165) is 12.8 Å². The van der Waals surface area contributed by atoms with Crippen molar-refractivity contribution in [1.29, 1.82) is 0 Å². The van der Waals surface area contributed by atoms with E-state index < -0.39 is 6.61 Å². The first-order valence-electron chi connectivity index (χ1n) is 6.03. The van der Waals surface area contributed by atoms with Crippen LogP contribution in [0.5, 0.6) is 5.75 Å². The van der Waals surface area contributed by atoms with E-state index in [-0.39, 0.29) is 17.0 Å². The molecule has 19 heavy (non-hydrogen) atoms. The summed E-state index contributed by atoms with van der Waals surface area (Å²) in [7, 11) is 0. The van der Waals surface area contributed by atoms with Gasteiger partial charge in [0.25, 0.3) is 5.91 Å². The van der Waals surface area contributed by atoms with Crippen molar-refractivity contribution in [1.82, 2.24) is 5.32 Å². The summed E-state index contributed by atoms with van der Waals surface area (Å²) in [5.74, 6) is 0.262. The minimum Gasteiger partial charge on any atom is -0.435 e. The number of alkyl halides is 3. The molecule has 1 atom stereocenters. The van der Waals surface area contributed by atoms with Crippen LogP contribution >= 0.6 is 11.6 Å². The molecule has 0 heterocycles. The van der Waals surface area contributed by atoms with Crippen LogP contribution in [0.2, 0.25) is 0 Å². The third-order valence-corrected chi connectivity index (χ3v) is 3.44. The Morgan fingerprint density at radius 3 is 2.53 bits per heavy atom. The van der Waals surface area contributed by atoms with Crippen molar-refractivity contribution < 1.29 is 18.3 Å². The maximum atomic E-state index is 12.0. The van der Waals surface area contributed by atoms with Crippen molar-refractivity contribution in [3.05, 3.63) is 29.8 Å². The molecular weight excluding hydrogens is 276 g/mol. The van der Waals surface area contributed by atoms with Crippen LogP contribution in [0.3, 0.4) is 0 Å². The number of halogens is 3. The van der Waals surface area contributed by atoms with Crippen LogP contribution in [0.4, 0.5) is 8.78 Å². The predicted octanol–water partition coefficient (Wildman–Crippen LogP) is 3.04. The summed E-state index contributed by atoms with van der Waals surface area (Å²) in [6, 6.07) is 5.54. The number of ether oxygens (including phenoxy) is 1. The van der Waals surface area contributed by atoms with Gasteiger partial charge in [0.1, 0.15) is 5.75 Å². The highest BCUT2D eigenvalue weighted by Gasteiger charge is 2.29. The summed E-state index contributed by atoms with van der Waals surface area (Å²) in [6.07, 6.45) is 2.23. The summed E-state index contributed by atoms with van der Waals surface area (Å²) in [4.78, 5) is 11.8. The van der Waals surface area contributed by atoms with Crippen LogP contribution in [0.1, 0.15) is 23.2 Å². The van der Waals surface area contributed by atoms with E-state index >= 15 is 0 Å². The Balaban J connectivity index is 1.84. The lowest BCUT2D eigenvalue weighted by Gasteiger charge is -2.10. The van der Waals surface area contributed by atoms with E-state index in [9.17, 15) is 13.6 Å². The second-order valence-electron chi connectivity index (χ2n) is 4.47. The highest BCUT2D eigenvalue weighted by molar-refractivity contribution is 6.21. The maximum absolute atomic E-state index is 12.0. The van der Waals surface area contributed by atoms with Gasteiger partial charge in [-0.15, -0.1) is 11.6 Å². The standard InChI is InChI=1S/C13H14ClF2NO2/c14-11(8-1-2-8)7-17-12(18)9-3-5-10(6-4-9)19-13(15)16/h3-6,8,11,13H,1-2,7H2,(H,17,18). The van der Waals surface area contributed by atoms with Crippen LogP contribution < -0.4 is 10.1 Å². The first-order valence-corrected chi connectivity index (χ1v) is 6.47. The normalized spacial score (nSPS) is 16.2. The van der Waals surface area contributed by atoms with E-state index in [1.807, 2.05) is 0 Å². The highest BCUT2D eigenvalue weighted by atomic mass is 35.5. The smallest absolute Gasteiger partial charge is 0.387 e. The molecule has 1 N–H and O–H groups in total. The summed E-state index contributed by atoms with van der Waals surface area (Å²) in [6.45, 7) is -2.45. The topological polar surface area (TPSA) is 38.3 Å². The molecule has 0 spiro atoms. The Kier molecular flexibility index (Phi) is 4.58. The second kappa shape index (κ2) is 6.19. The molecule has 0 aromatic heterocycles. The average Bonchev–Trinajstić information content (AvgIpc) is 3.20. The maximum Gasteiger partial charge on any atom is 0.387 e. The van der Waals surface area contributed by atoms with E-state index in [2.05, 4.69) is 10.1 Å². The molecule has 104 valence electrons. The molecule has 0 saturated heterocycles. The van der Waals surface area contributed by atoms with Gasteiger partial charge in [-0.25, -0.2) is 0 Å². The summed E-state index contributed by atoms with van der Waals surface area (Å²) >= 11 is 6.07. The van der Waals surface area contributed by atoms with Crippen molar-refractivity contribution in [3.8, 4) is 5.75 Å². The number of carbonyl (C=O) groups excluding carboxylic acids is 1. The van der Waals surface area contributed by atoms with Gasteiger partial charge in [0.05, 0.1) is 5.38 Å². The minimum absolute atomic E-state index is 0.0275. The quantitative estimate of drug-likeness (QED) is 0.818. The Bertz CT molecular complexity index is 435. The van der Waals surface area contributed by atoms with Crippen LogP contribution in [0.25, 0.3) is 0 Å². The van der Waals surface area contributed by atoms with Gasteiger partial charge in [0.15, 0.2) is 0 Å². The molecule has 1 fully saturated rings. The lowest BCUT2D eigenvalue weighted by atomic mass is 10.2. The number of amides is 1. The van der Waals surface area contributed by atoms with Gasteiger partial charge in [-0.05, 0) is 43.0 Å². The van der Waals surface area contributed by atoms with E-state index in [0.29, 0.717) is 18.0 Å². The lowest BCUT2D eigenvalue weighted by Crippen LogP contribution is -2.30. The molecular formula is C13H14ClF2NO2. The first kappa shape index (κ1) is 14.1. The Hall–Kier alpha value is -1.36. The molecule has 3 nitrogen and oxygen atoms in total. The van der Waals surface area contributed by atoms with Crippen molar-refractivity contribution >= 4 is 17.5 Å². The molecule has 1 amide bonds. The van der Waals surface area contributed by atoms with Crippen LogP contribution in [-0.2, 0) is 0 Å². The second-order valence-corrected chi connectivity index (χ2v) is 5.03. The third-order valence-electron chi connectivity index (χ3n) is 2.93. The highest BCUT2D eigenvalue weighted by Crippen LogP contribution is 2.35. The largest absolute Gasteiger partial charge is 0.435 e. The molecule has 1 aromatic carbocycles. The van der Waals surface area contributed by atoms with Crippen LogP contribution in [0.15, 0.2) is 24.3 Å². The lowest BCUT2D eigenvalue weighted by molar-refractivity contribution is -0.0498. The molecule has 1 aliphatic rings. The van der Waals surface area contributed by atoms with Crippen LogP contribution in [-0.4, -0.2) is 24.4 Å². The zero-order chi connectivity index (χ0) is 13.8. The molecule has 1 unspecified atom stereocenters. The summed E-state index contributed by atoms with van der Waals surface area (Å²) in [5, 5.41) is 2.68. The van der Waals surface area contributed by atoms with Gasteiger partial charge in [-0.3, -0.25) is 4.79 Å². The third kappa shape index (κ3) is 4.35. The summed E-state index contributed by atoms with van der Waals surface area (Å²) in [5.41, 5.74) is 0.390. The van der Waals surface area contributed by atoms with Gasteiger partial charge in [-0.1, -0.05) is 0 Å². The molecule has 6 heteroatoms. The molecule has 1 aromatic rings. The van der Waals surface area contributed by atoms with E-state index in [1.54, 1.807) is 0 Å². The average molecular weight is 290 g/mol. The van der Waals surface area contributed by atoms with Gasteiger partial charge >= 0.3 is 6.61 Å². The monoisotopic (exact) mass is 289 g/mol. The van der Waals surface area contributed by atoms with Gasteiger partial charge in [0.2, 0.25) is 0 Å². The molecule has 0 bridgehead atoms. The molecule has 2 rings (SSSR count). The number of carbonyl (C=O) groups is 1. The summed E-state index contributed by atoms with van der Waals surface area (Å²) < 4.78 is 28.1. The number of benzene rings is 1. The fourth-order valence-electron chi connectivity index (χ4n) is 1.70. The van der Waals surface area contributed by atoms with Crippen molar-refractivity contribution in [2.45, 2.75) is 24.8 Å². The number of rotatable bonds is 6. The zero-order valence-electron chi connectivity index (χ0n) is 10.1. The van der Waals surface area contributed by atoms with Gasteiger partial charge in [-0.2, -0.15) is 8.78 Å². The van der Waals surface area contributed by atoms with E-state index in [1.165, 1.54) is 24.3 Å². The Morgan fingerprint density at radius 1 is 1.37 bits per heavy atom. The van der Waals surface area contributed by atoms with Gasteiger partial charge < -0.3 is 10.1 Å². The van der Waals surface area contributed by atoms with Gasteiger partial charge in [0, 0.05) is 12.1 Å². The zero-order valence-corrected chi connectivity index (χ0v) is 10.9. The minimum atomic E-state index is -2.87. The predicted molar refractivity (Wildman–Crippen MR) is 67.8 cm³/mol. The van der Waals surface area contributed by atoms with Crippen molar-refractivity contribution in [2.24, 2.45) is 5.92 Å². The van der Waals surface area contributed by atoms with Crippen molar-refractivity contribution in [2.75, 3.05) is 6.54 Å². The Labute approximate surface area is 114 Å². The fourth-order valence-corrected chi connectivity index (χ4v) is 2.03. The number of nitrogens with one attached hydrogen (secondary N) is 1. The van der Waals surface area contributed by atoms with Crippen LogP contribution in [0, 0.1) is 5.92 Å². The van der Waals surface area contributed by atoms with Crippen molar-refractivity contribution in [3.63, 3.8) is 0 Å². The first-order chi connectivity index (χ1) is 9.06. The molecule has 1 saturated carbocycles. The molecule has 0 radical (unpaired) electrons. The SMILES string of the molecule is O=C(NCC(Cl)C1CC1)c1ccc(OC(F)F)cc1. The molecule has 0 aliphatic heterocycles. The molecule has 1 aliphatic carbocycles. The number of hydrogen-bond donors (Lipinski definition) is 1. The van der Waals surface area contributed by atoms with E-state index in [4.69, 9.17) is 11.6 Å². The fraction of sp³-hybridized carbons (Fsp3) is 0.462. The number of hydrogen-bond acceptors (Lipinski definition) is 2.